The van der Waals surface area contributed by atoms with Gasteiger partial charge in [0.25, 0.3) is 11.8 Å². The third kappa shape index (κ3) is 3.53. The maximum Gasteiger partial charge on any atom is 0.255 e. The number of para-hydroxylation sites is 1. The van der Waals surface area contributed by atoms with Crippen LogP contribution in [0.4, 0.5) is 0 Å². The van der Waals surface area contributed by atoms with Gasteiger partial charge in [-0.2, -0.15) is 0 Å². The monoisotopic (exact) mass is 368 g/mol. The van der Waals surface area contributed by atoms with Crippen molar-refractivity contribution in [1.29, 1.82) is 0 Å². The van der Waals surface area contributed by atoms with E-state index < -0.39 is 0 Å². The summed E-state index contributed by atoms with van der Waals surface area (Å²) >= 11 is 0. The first-order valence-corrected chi connectivity index (χ1v) is 8.89. The van der Waals surface area contributed by atoms with Crippen LogP contribution in [-0.2, 0) is 0 Å². The van der Waals surface area contributed by atoms with Gasteiger partial charge in [0.2, 0.25) is 6.79 Å². The van der Waals surface area contributed by atoms with Gasteiger partial charge in [-0.25, -0.2) is 0 Å². The highest BCUT2D eigenvalue weighted by molar-refractivity contribution is 5.97. The maximum absolute atomic E-state index is 12.7. The largest absolute Gasteiger partial charge is 0.507 e. The number of nitrogens with zero attached hydrogens (tertiary/aromatic N) is 1. The minimum atomic E-state index is -0.298. The Bertz CT molecular complexity index is 874. The summed E-state index contributed by atoms with van der Waals surface area (Å²) in [6.07, 6.45) is 1.32. The molecule has 7 nitrogen and oxygen atoms in total. The number of hydrogen-bond acceptors (Lipinski definition) is 5. The molecule has 2 aromatic rings. The number of hydrogen-bond donors (Lipinski definition) is 2. The van der Waals surface area contributed by atoms with Crippen LogP contribution in [0.25, 0.3) is 0 Å². The molecule has 2 amide bonds. The van der Waals surface area contributed by atoms with Crippen molar-refractivity contribution in [2.75, 3.05) is 19.9 Å². The smallest absolute Gasteiger partial charge is 0.255 e. The van der Waals surface area contributed by atoms with Gasteiger partial charge in [0.15, 0.2) is 11.5 Å². The number of piperidine rings is 1. The van der Waals surface area contributed by atoms with Crippen LogP contribution >= 0.6 is 0 Å². The molecular formula is C20H20N2O5. The van der Waals surface area contributed by atoms with Crippen LogP contribution in [0.3, 0.4) is 0 Å². The van der Waals surface area contributed by atoms with Crippen molar-refractivity contribution in [3.05, 3.63) is 53.6 Å². The molecule has 0 radical (unpaired) electrons. The zero-order chi connectivity index (χ0) is 18.8. The summed E-state index contributed by atoms with van der Waals surface area (Å²) in [6.45, 7) is 1.28. The summed E-state index contributed by atoms with van der Waals surface area (Å²) in [7, 11) is 0. The van der Waals surface area contributed by atoms with Crippen LogP contribution in [0.5, 0.6) is 17.2 Å². The summed E-state index contributed by atoms with van der Waals surface area (Å²) in [4.78, 5) is 26.8. The summed E-state index contributed by atoms with van der Waals surface area (Å²) in [5.74, 6) is 0.848. The van der Waals surface area contributed by atoms with Gasteiger partial charge in [0.1, 0.15) is 5.75 Å². The molecule has 0 aromatic heterocycles. The number of aromatic hydroxyl groups is 1. The molecule has 27 heavy (non-hydrogen) atoms. The second kappa shape index (κ2) is 7.19. The van der Waals surface area contributed by atoms with Crippen LogP contribution in [0.2, 0.25) is 0 Å². The molecule has 0 aliphatic carbocycles. The Morgan fingerprint density at radius 2 is 1.78 bits per heavy atom. The predicted molar refractivity (Wildman–Crippen MR) is 97.1 cm³/mol. The van der Waals surface area contributed by atoms with Gasteiger partial charge < -0.3 is 24.8 Å². The number of likely N-dealkylation sites (tertiary alicyclic amines) is 1. The molecule has 0 bridgehead atoms. The van der Waals surface area contributed by atoms with Gasteiger partial charge >= 0.3 is 0 Å². The molecule has 4 rings (SSSR count). The van der Waals surface area contributed by atoms with E-state index in [1.165, 1.54) is 6.07 Å². The Kier molecular flexibility index (Phi) is 4.58. The fourth-order valence-corrected chi connectivity index (χ4v) is 3.37. The third-order valence-electron chi connectivity index (χ3n) is 4.89. The standard InChI is InChI=1S/C20H20N2O5/c23-16-4-2-1-3-15(16)19(24)21-14-7-9-22(10-8-14)20(25)13-5-6-17-18(11-13)27-12-26-17/h1-6,11,14,23H,7-10,12H2,(H,21,24). The Hall–Kier alpha value is -3.22. The van der Waals surface area contributed by atoms with Crippen LogP contribution in [0.1, 0.15) is 33.6 Å². The number of fused-ring (bicyclic) bond motifs is 1. The van der Waals surface area contributed by atoms with Crippen molar-refractivity contribution < 1.29 is 24.2 Å². The molecule has 0 saturated carbocycles. The molecule has 2 aromatic carbocycles. The molecule has 140 valence electrons. The fraction of sp³-hybridized carbons (Fsp3) is 0.300. The van der Waals surface area contributed by atoms with Crippen molar-refractivity contribution in [2.24, 2.45) is 0 Å². The summed E-state index contributed by atoms with van der Waals surface area (Å²) < 4.78 is 10.6. The molecule has 2 N–H and O–H groups in total. The van der Waals surface area contributed by atoms with E-state index in [2.05, 4.69) is 5.32 Å². The Labute approximate surface area is 156 Å². The lowest BCUT2D eigenvalue weighted by atomic mass is 10.0. The first-order valence-electron chi connectivity index (χ1n) is 8.89. The molecule has 0 unspecified atom stereocenters. The van der Waals surface area contributed by atoms with E-state index in [9.17, 15) is 14.7 Å². The van der Waals surface area contributed by atoms with Crippen molar-refractivity contribution in [3.8, 4) is 17.2 Å². The van der Waals surface area contributed by atoms with Crippen molar-refractivity contribution >= 4 is 11.8 Å². The molecule has 7 heteroatoms. The van der Waals surface area contributed by atoms with Gasteiger partial charge in [-0.1, -0.05) is 12.1 Å². The highest BCUT2D eigenvalue weighted by Gasteiger charge is 2.26. The van der Waals surface area contributed by atoms with E-state index in [0.29, 0.717) is 43.0 Å². The second-order valence-electron chi connectivity index (χ2n) is 6.63. The minimum absolute atomic E-state index is 0.0297. The number of carbonyl (C=O) groups is 2. The van der Waals surface area contributed by atoms with Crippen molar-refractivity contribution in [2.45, 2.75) is 18.9 Å². The highest BCUT2D eigenvalue weighted by Crippen LogP contribution is 2.33. The van der Waals surface area contributed by atoms with Crippen LogP contribution in [-0.4, -0.2) is 47.7 Å². The van der Waals surface area contributed by atoms with Crippen molar-refractivity contribution in [1.82, 2.24) is 10.2 Å². The second-order valence-corrected chi connectivity index (χ2v) is 6.63. The van der Waals surface area contributed by atoms with Gasteiger partial charge in [-0.05, 0) is 43.2 Å². The van der Waals surface area contributed by atoms with Crippen LogP contribution < -0.4 is 14.8 Å². The maximum atomic E-state index is 12.7. The lowest BCUT2D eigenvalue weighted by Gasteiger charge is -2.32. The molecule has 2 aliphatic rings. The van der Waals surface area contributed by atoms with Gasteiger partial charge in [-0.15, -0.1) is 0 Å². The molecular weight excluding hydrogens is 348 g/mol. The van der Waals surface area contributed by atoms with Gasteiger partial charge in [0, 0.05) is 24.7 Å². The number of amides is 2. The Morgan fingerprint density at radius 3 is 2.56 bits per heavy atom. The molecule has 2 aliphatic heterocycles. The number of benzene rings is 2. The zero-order valence-electron chi connectivity index (χ0n) is 14.7. The molecule has 1 saturated heterocycles. The third-order valence-corrected chi connectivity index (χ3v) is 4.89. The molecule has 1 fully saturated rings. The first kappa shape index (κ1) is 17.2. The SMILES string of the molecule is O=C(NC1CCN(C(=O)c2ccc3c(c2)OCO3)CC1)c1ccccc1O. The number of rotatable bonds is 3. The Balaban J connectivity index is 1.34. The van der Waals surface area contributed by atoms with E-state index in [4.69, 9.17) is 9.47 Å². The quantitative estimate of drug-likeness (QED) is 0.867. The number of nitrogens with one attached hydrogen (secondary N) is 1. The summed E-state index contributed by atoms with van der Waals surface area (Å²) in [5.41, 5.74) is 0.826. The number of phenols is 1. The number of ether oxygens (including phenoxy) is 2. The van der Waals surface area contributed by atoms with Crippen LogP contribution in [0.15, 0.2) is 42.5 Å². The normalized spacial score (nSPS) is 16.2. The average molecular weight is 368 g/mol. The zero-order valence-corrected chi connectivity index (χ0v) is 14.7. The first-order chi connectivity index (χ1) is 13.1. The van der Waals surface area contributed by atoms with Gasteiger partial charge in [0.05, 0.1) is 5.56 Å². The lowest BCUT2D eigenvalue weighted by Crippen LogP contribution is -2.46. The molecule has 2 heterocycles. The fourth-order valence-electron chi connectivity index (χ4n) is 3.37. The lowest BCUT2D eigenvalue weighted by molar-refractivity contribution is 0.0697. The van der Waals surface area contributed by atoms with E-state index in [0.717, 1.165) is 0 Å². The van der Waals surface area contributed by atoms with E-state index in [1.807, 2.05) is 0 Å². The van der Waals surface area contributed by atoms with Crippen molar-refractivity contribution in [3.63, 3.8) is 0 Å². The van der Waals surface area contributed by atoms with E-state index in [1.54, 1.807) is 41.3 Å². The summed E-state index contributed by atoms with van der Waals surface area (Å²) in [5, 5.41) is 12.7. The predicted octanol–water partition coefficient (Wildman–Crippen LogP) is 2.16. The average Bonchev–Trinajstić information content (AvgIpc) is 3.16. The van der Waals surface area contributed by atoms with E-state index >= 15 is 0 Å². The number of carbonyl (C=O) groups excluding carboxylic acids is 2. The molecule has 0 atom stereocenters. The van der Waals surface area contributed by atoms with E-state index in [-0.39, 0.29) is 36.0 Å². The highest BCUT2D eigenvalue weighted by atomic mass is 16.7. The summed E-state index contributed by atoms with van der Waals surface area (Å²) in [6, 6.07) is 11.6. The minimum Gasteiger partial charge on any atom is -0.507 e. The van der Waals surface area contributed by atoms with Gasteiger partial charge in [-0.3, -0.25) is 9.59 Å². The number of phenolic OH excluding ortho intramolecular Hbond substituents is 1. The van der Waals surface area contributed by atoms with Crippen LogP contribution in [0, 0.1) is 0 Å². The topological polar surface area (TPSA) is 88.1 Å². The Morgan fingerprint density at radius 1 is 1.04 bits per heavy atom. The molecule has 0 spiro atoms.